The fraction of sp³-hybridized carbons (Fsp3) is 0.273. The molecule has 0 aliphatic carbocycles. The van der Waals surface area contributed by atoms with Crippen LogP contribution in [0, 0.1) is 0 Å². The summed E-state index contributed by atoms with van der Waals surface area (Å²) in [5, 5.41) is 23.2. The molecule has 0 heterocycles. The molecule has 2 aromatic rings. The summed E-state index contributed by atoms with van der Waals surface area (Å²) >= 11 is 5.82. The zero-order valence-corrected chi connectivity index (χ0v) is 17.8. The monoisotopic (exact) mass is 432 g/mol. The number of aliphatic hydroxyl groups is 1. The van der Waals surface area contributed by atoms with E-state index in [0.29, 0.717) is 29.9 Å². The maximum Gasteiger partial charge on any atom is 0.271 e. The number of methoxy groups -OCH3 is 2. The number of nitrogens with one attached hydrogen (secondary N) is 1. The molecule has 1 atom stereocenters. The molecule has 7 nitrogen and oxygen atoms in total. The normalized spacial score (nSPS) is 12.3. The molecule has 2 aromatic carbocycles. The first-order chi connectivity index (χ1) is 14.4. The molecule has 1 amide bonds. The number of carbonyl (C=O) groups excluding carboxylic acids is 1. The van der Waals surface area contributed by atoms with Gasteiger partial charge in [0.15, 0.2) is 11.5 Å². The average Bonchev–Trinajstić information content (AvgIpc) is 2.74. The first kappa shape index (κ1) is 23.3. The third-order valence-corrected chi connectivity index (χ3v) is 4.60. The Morgan fingerprint density at radius 2 is 2.03 bits per heavy atom. The number of aliphatic hydroxyl groups excluding tert-OH is 1. The molecule has 0 aliphatic rings. The lowest BCUT2D eigenvalue weighted by Crippen LogP contribution is -2.17. The van der Waals surface area contributed by atoms with Gasteiger partial charge < -0.3 is 19.7 Å². The molecule has 0 radical (unpaired) electrons. The van der Waals surface area contributed by atoms with Gasteiger partial charge in [0.25, 0.3) is 5.91 Å². The van der Waals surface area contributed by atoms with Crippen LogP contribution >= 0.6 is 11.6 Å². The number of nitrogens with zero attached hydrogens (tertiary/aromatic N) is 1. The van der Waals surface area contributed by atoms with Crippen molar-refractivity contribution in [1.29, 1.82) is 0 Å². The molecule has 0 saturated heterocycles. The van der Waals surface area contributed by atoms with E-state index in [4.69, 9.17) is 21.1 Å². The summed E-state index contributed by atoms with van der Waals surface area (Å²) in [4.78, 5) is 12.2. The topological polar surface area (TPSA) is 100 Å². The van der Waals surface area contributed by atoms with Crippen molar-refractivity contribution in [3.8, 4) is 17.2 Å². The summed E-state index contributed by atoms with van der Waals surface area (Å²) < 4.78 is 10.8. The van der Waals surface area contributed by atoms with Crippen LogP contribution in [0.1, 0.15) is 41.3 Å². The molecule has 8 heteroatoms. The molecule has 1 unspecified atom stereocenters. The number of aromatic hydroxyl groups is 1. The zero-order chi connectivity index (χ0) is 22.1. The Labute approximate surface area is 180 Å². The smallest absolute Gasteiger partial charge is 0.271 e. The van der Waals surface area contributed by atoms with Gasteiger partial charge in [0.05, 0.1) is 31.6 Å². The number of ether oxygens (including phenoxy) is 2. The first-order valence-corrected chi connectivity index (χ1v) is 9.69. The second-order valence-corrected chi connectivity index (χ2v) is 6.82. The number of halogens is 1. The molecule has 0 saturated carbocycles. The van der Waals surface area contributed by atoms with E-state index in [1.807, 2.05) is 25.1 Å². The number of hydrazone groups is 1. The number of amides is 1. The van der Waals surface area contributed by atoms with E-state index in [0.717, 1.165) is 5.56 Å². The highest BCUT2D eigenvalue weighted by molar-refractivity contribution is 6.32. The largest absolute Gasteiger partial charge is 0.506 e. The van der Waals surface area contributed by atoms with Crippen molar-refractivity contribution in [1.82, 2.24) is 5.43 Å². The Morgan fingerprint density at radius 3 is 2.67 bits per heavy atom. The fourth-order valence-electron chi connectivity index (χ4n) is 2.61. The molecule has 2 rings (SSSR count). The minimum Gasteiger partial charge on any atom is -0.506 e. The molecule has 0 aliphatic heterocycles. The van der Waals surface area contributed by atoms with Crippen molar-refractivity contribution < 1.29 is 24.5 Å². The maximum absolute atomic E-state index is 12.2. The highest BCUT2D eigenvalue weighted by Crippen LogP contribution is 2.33. The second kappa shape index (κ2) is 11.2. The van der Waals surface area contributed by atoms with E-state index in [2.05, 4.69) is 10.5 Å². The number of hydrogen-bond acceptors (Lipinski definition) is 6. The zero-order valence-electron chi connectivity index (χ0n) is 17.1. The van der Waals surface area contributed by atoms with Gasteiger partial charge in [-0.3, -0.25) is 4.79 Å². The number of benzene rings is 2. The average molecular weight is 433 g/mol. The lowest BCUT2D eigenvalue weighted by Gasteiger charge is -2.12. The summed E-state index contributed by atoms with van der Waals surface area (Å²) in [7, 11) is 3.08. The number of hydrogen-bond donors (Lipinski definition) is 3. The first-order valence-electron chi connectivity index (χ1n) is 9.32. The molecule has 0 aromatic heterocycles. The summed E-state index contributed by atoms with van der Waals surface area (Å²) in [5.41, 5.74) is 4.10. The predicted octanol–water partition coefficient (Wildman–Crippen LogP) is 4.00. The lowest BCUT2D eigenvalue weighted by molar-refractivity contribution is 0.0955. The van der Waals surface area contributed by atoms with Gasteiger partial charge in [-0.05, 0) is 48.7 Å². The number of rotatable bonds is 9. The fourth-order valence-corrected chi connectivity index (χ4v) is 2.79. The minimum absolute atomic E-state index is 0.0798. The van der Waals surface area contributed by atoms with Crippen molar-refractivity contribution in [2.75, 3.05) is 14.2 Å². The number of carbonyl (C=O) groups is 1. The molecule has 3 N–H and O–H groups in total. The van der Waals surface area contributed by atoms with Gasteiger partial charge in [0.1, 0.15) is 5.75 Å². The molecular weight excluding hydrogens is 408 g/mol. The highest BCUT2D eigenvalue weighted by Gasteiger charge is 2.11. The molecule has 0 spiro atoms. The van der Waals surface area contributed by atoms with Crippen LogP contribution in [0.15, 0.2) is 41.5 Å². The van der Waals surface area contributed by atoms with E-state index in [1.165, 1.54) is 31.5 Å². The SMILES string of the molecule is CCC(O)CC=Cc1cc(C=NNC(=O)c2ccc(O)c(Cl)c2)cc(OC)c1OC. The Balaban J connectivity index is 2.20. The Morgan fingerprint density at radius 1 is 1.27 bits per heavy atom. The predicted molar refractivity (Wildman–Crippen MR) is 118 cm³/mol. The molecule has 160 valence electrons. The Hall–Kier alpha value is -3.03. The van der Waals surface area contributed by atoms with Crippen LogP contribution in [0.3, 0.4) is 0 Å². The van der Waals surface area contributed by atoms with Crippen LogP contribution in [0.4, 0.5) is 0 Å². The maximum atomic E-state index is 12.2. The van der Waals surface area contributed by atoms with Crippen molar-refractivity contribution in [3.05, 3.63) is 58.1 Å². The third-order valence-electron chi connectivity index (χ3n) is 4.30. The Kier molecular flexibility index (Phi) is 8.70. The third kappa shape index (κ3) is 6.23. The van der Waals surface area contributed by atoms with Crippen LogP contribution in [-0.2, 0) is 0 Å². The molecule has 0 fully saturated rings. The summed E-state index contributed by atoms with van der Waals surface area (Å²) in [6.07, 6.45) is 5.97. The van der Waals surface area contributed by atoms with E-state index < -0.39 is 12.0 Å². The van der Waals surface area contributed by atoms with E-state index in [9.17, 15) is 15.0 Å². The van der Waals surface area contributed by atoms with Crippen molar-refractivity contribution in [2.45, 2.75) is 25.9 Å². The number of phenolic OH excluding ortho intramolecular Hbond substituents is 1. The molecular formula is C22H25ClN2O5. The van der Waals surface area contributed by atoms with Gasteiger partial charge >= 0.3 is 0 Å². The van der Waals surface area contributed by atoms with E-state index in [-0.39, 0.29) is 16.3 Å². The standard InChI is InChI=1S/C22H25ClN2O5/c1-4-17(26)7-5-6-15-10-14(11-20(29-2)21(15)30-3)13-24-25-22(28)16-8-9-19(27)18(23)12-16/h5-6,8-13,17,26-27H,4,7H2,1-3H3,(H,25,28). The van der Waals surface area contributed by atoms with Crippen molar-refractivity contribution >= 4 is 29.8 Å². The van der Waals surface area contributed by atoms with Gasteiger partial charge in [-0.2, -0.15) is 5.10 Å². The number of phenols is 1. The van der Waals surface area contributed by atoms with Crippen LogP contribution in [0.5, 0.6) is 17.2 Å². The van der Waals surface area contributed by atoms with Gasteiger partial charge in [0, 0.05) is 11.1 Å². The van der Waals surface area contributed by atoms with Crippen LogP contribution in [-0.4, -0.2) is 42.7 Å². The van der Waals surface area contributed by atoms with Gasteiger partial charge in [0.2, 0.25) is 0 Å². The molecule has 30 heavy (non-hydrogen) atoms. The molecule has 0 bridgehead atoms. The lowest BCUT2D eigenvalue weighted by atomic mass is 10.1. The van der Waals surface area contributed by atoms with Crippen LogP contribution < -0.4 is 14.9 Å². The summed E-state index contributed by atoms with van der Waals surface area (Å²) in [6.45, 7) is 1.92. The van der Waals surface area contributed by atoms with Crippen molar-refractivity contribution in [3.63, 3.8) is 0 Å². The van der Waals surface area contributed by atoms with Gasteiger partial charge in [-0.25, -0.2) is 5.43 Å². The quantitative estimate of drug-likeness (QED) is 0.410. The Bertz CT molecular complexity index is 943. The second-order valence-electron chi connectivity index (χ2n) is 6.41. The van der Waals surface area contributed by atoms with E-state index >= 15 is 0 Å². The van der Waals surface area contributed by atoms with E-state index in [1.54, 1.807) is 13.2 Å². The van der Waals surface area contributed by atoms with Gasteiger partial charge in [-0.1, -0.05) is 30.7 Å². The van der Waals surface area contributed by atoms with Gasteiger partial charge in [-0.15, -0.1) is 0 Å². The summed E-state index contributed by atoms with van der Waals surface area (Å²) in [6, 6.07) is 7.68. The van der Waals surface area contributed by atoms with Crippen LogP contribution in [0.2, 0.25) is 5.02 Å². The van der Waals surface area contributed by atoms with Crippen LogP contribution in [0.25, 0.3) is 6.08 Å². The summed E-state index contributed by atoms with van der Waals surface area (Å²) in [5.74, 6) is 0.491. The minimum atomic E-state index is -0.470. The highest BCUT2D eigenvalue weighted by atomic mass is 35.5. The van der Waals surface area contributed by atoms with Crippen molar-refractivity contribution in [2.24, 2.45) is 5.10 Å².